The molecule has 1 N–H and O–H groups in total. The standard InChI is InChI=1S/C13H23NO5/c1-18-7-8-19-10-12(15)14-6-2-3-11(9-14)4-5-13(16)17/h11H,2-10H2,1H3,(H,16,17). The summed E-state index contributed by atoms with van der Waals surface area (Å²) in [5.74, 6) is -0.491. The number of rotatable bonds is 8. The molecule has 19 heavy (non-hydrogen) atoms. The number of ether oxygens (including phenoxy) is 2. The van der Waals surface area contributed by atoms with Crippen LogP contribution in [-0.2, 0) is 19.1 Å². The van der Waals surface area contributed by atoms with E-state index in [1.165, 1.54) is 0 Å². The monoisotopic (exact) mass is 273 g/mol. The van der Waals surface area contributed by atoms with Gasteiger partial charge in [-0.25, -0.2) is 0 Å². The number of nitrogens with zero attached hydrogens (tertiary/aromatic N) is 1. The molecule has 0 saturated carbocycles. The van der Waals surface area contributed by atoms with E-state index in [4.69, 9.17) is 14.6 Å². The predicted octanol–water partition coefficient (Wildman–Crippen LogP) is 0.753. The Morgan fingerprint density at radius 3 is 2.84 bits per heavy atom. The number of amides is 1. The fourth-order valence-electron chi connectivity index (χ4n) is 2.25. The van der Waals surface area contributed by atoms with E-state index in [2.05, 4.69) is 0 Å². The summed E-state index contributed by atoms with van der Waals surface area (Å²) in [6.45, 7) is 2.37. The van der Waals surface area contributed by atoms with Crippen LogP contribution in [-0.4, -0.2) is 61.9 Å². The second kappa shape index (κ2) is 8.87. The molecular weight excluding hydrogens is 250 g/mol. The lowest BCUT2D eigenvalue weighted by molar-refractivity contribution is -0.138. The number of hydrogen-bond donors (Lipinski definition) is 1. The molecule has 0 spiro atoms. The zero-order valence-corrected chi connectivity index (χ0v) is 11.5. The molecule has 0 radical (unpaired) electrons. The van der Waals surface area contributed by atoms with Gasteiger partial charge in [0, 0.05) is 26.6 Å². The number of carbonyl (C=O) groups excluding carboxylic acids is 1. The molecule has 0 aromatic rings. The van der Waals surface area contributed by atoms with Crippen LogP contribution >= 0.6 is 0 Å². The first kappa shape index (κ1) is 15.9. The molecule has 1 aliphatic rings. The Kier molecular flexibility index (Phi) is 7.43. The Balaban J connectivity index is 2.24. The van der Waals surface area contributed by atoms with Gasteiger partial charge in [-0.2, -0.15) is 0 Å². The molecule has 0 aromatic carbocycles. The van der Waals surface area contributed by atoms with Crippen molar-refractivity contribution >= 4 is 11.9 Å². The zero-order chi connectivity index (χ0) is 14.1. The molecule has 0 bridgehead atoms. The summed E-state index contributed by atoms with van der Waals surface area (Å²) in [6.07, 6.45) is 2.76. The third-order valence-corrected chi connectivity index (χ3v) is 3.30. The van der Waals surface area contributed by atoms with E-state index in [0.717, 1.165) is 19.4 Å². The molecular formula is C13H23NO5. The maximum Gasteiger partial charge on any atom is 0.303 e. The van der Waals surface area contributed by atoms with Crippen LogP contribution in [0.25, 0.3) is 0 Å². The smallest absolute Gasteiger partial charge is 0.303 e. The van der Waals surface area contributed by atoms with E-state index in [9.17, 15) is 9.59 Å². The molecule has 1 rings (SSSR count). The maximum absolute atomic E-state index is 11.9. The van der Waals surface area contributed by atoms with Crippen LogP contribution < -0.4 is 0 Å². The molecule has 0 aromatic heterocycles. The van der Waals surface area contributed by atoms with Crippen molar-refractivity contribution in [1.29, 1.82) is 0 Å². The lowest BCUT2D eigenvalue weighted by Gasteiger charge is -2.32. The number of carboxylic acids is 1. The summed E-state index contributed by atoms with van der Waals surface area (Å²) < 4.78 is 10.0. The molecule has 1 atom stereocenters. The normalized spacial score (nSPS) is 19.4. The quantitative estimate of drug-likeness (QED) is 0.660. The van der Waals surface area contributed by atoms with Crippen molar-refractivity contribution in [2.45, 2.75) is 25.7 Å². The summed E-state index contributed by atoms with van der Waals surface area (Å²) >= 11 is 0. The molecule has 6 heteroatoms. The lowest BCUT2D eigenvalue weighted by Crippen LogP contribution is -2.42. The van der Waals surface area contributed by atoms with Gasteiger partial charge in [-0.05, 0) is 25.2 Å². The highest BCUT2D eigenvalue weighted by Gasteiger charge is 2.23. The van der Waals surface area contributed by atoms with Crippen molar-refractivity contribution in [1.82, 2.24) is 4.90 Å². The number of piperidine rings is 1. The van der Waals surface area contributed by atoms with Crippen molar-refractivity contribution in [2.24, 2.45) is 5.92 Å². The third-order valence-electron chi connectivity index (χ3n) is 3.30. The molecule has 1 saturated heterocycles. The minimum atomic E-state index is -0.772. The number of likely N-dealkylation sites (tertiary alicyclic amines) is 1. The van der Waals surface area contributed by atoms with Gasteiger partial charge in [-0.3, -0.25) is 9.59 Å². The summed E-state index contributed by atoms with van der Waals surface area (Å²) in [7, 11) is 1.59. The fraction of sp³-hybridized carbons (Fsp3) is 0.846. The highest BCUT2D eigenvalue weighted by atomic mass is 16.5. The first-order valence-electron chi connectivity index (χ1n) is 6.69. The van der Waals surface area contributed by atoms with Crippen molar-refractivity contribution < 1.29 is 24.2 Å². The highest BCUT2D eigenvalue weighted by molar-refractivity contribution is 5.77. The van der Waals surface area contributed by atoms with Crippen molar-refractivity contribution in [3.63, 3.8) is 0 Å². The molecule has 6 nitrogen and oxygen atoms in total. The molecule has 1 amide bonds. The molecule has 1 heterocycles. The molecule has 1 aliphatic heterocycles. The van der Waals surface area contributed by atoms with Gasteiger partial charge in [-0.1, -0.05) is 0 Å². The predicted molar refractivity (Wildman–Crippen MR) is 68.9 cm³/mol. The van der Waals surface area contributed by atoms with Crippen molar-refractivity contribution in [3.05, 3.63) is 0 Å². The van der Waals surface area contributed by atoms with Crippen molar-refractivity contribution in [3.8, 4) is 0 Å². The SMILES string of the molecule is COCCOCC(=O)N1CCCC(CCC(=O)O)C1. The van der Waals surface area contributed by atoms with Gasteiger partial charge in [0.15, 0.2) is 0 Å². The zero-order valence-electron chi connectivity index (χ0n) is 11.5. The average Bonchev–Trinajstić information content (AvgIpc) is 2.41. The Bertz CT molecular complexity index is 295. The highest BCUT2D eigenvalue weighted by Crippen LogP contribution is 2.21. The molecule has 0 aliphatic carbocycles. The summed E-state index contributed by atoms with van der Waals surface area (Å²) in [6, 6.07) is 0. The van der Waals surface area contributed by atoms with E-state index in [1.54, 1.807) is 12.0 Å². The van der Waals surface area contributed by atoms with Gasteiger partial charge in [0.25, 0.3) is 0 Å². The molecule has 110 valence electrons. The Labute approximate surface area is 113 Å². The van der Waals surface area contributed by atoms with Gasteiger partial charge >= 0.3 is 5.97 Å². The first-order chi connectivity index (χ1) is 9.13. The largest absolute Gasteiger partial charge is 0.481 e. The summed E-state index contributed by atoms with van der Waals surface area (Å²) in [5.41, 5.74) is 0. The maximum atomic E-state index is 11.9. The van der Waals surface area contributed by atoms with E-state index in [0.29, 0.717) is 32.1 Å². The van der Waals surface area contributed by atoms with E-state index >= 15 is 0 Å². The minimum absolute atomic E-state index is 0.0175. The van der Waals surface area contributed by atoms with Gasteiger partial charge in [0.05, 0.1) is 13.2 Å². The van der Waals surface area contributed by atoms with Crippen LogP contribution in [0.2, 0.25) is 0 Å². The average molecular weight is 273 g/mol. The topological polar surface area (TPSA) is 76.1 Å². The number of hydrogen-bond acceptors (Lipinski definition) is 4. The Morgan fingerprint density at radius 1 is 1.37 bits per heavy atom. The van der Waals surface area contributed by atoms with Gasteiger partial charge in [-0.15, -0.1) is 0 Å². The second-order valence-electron chi connectivity index (χ2n) is 4.83. The van der Waals surface area contributed by atoms with E-state index in [1.807, 2.05) is 0 Å². The van der Waals surface area contributed by atoms with Crippen LogP contribution in [0, 0.1) is 5.92 Å². The second-order valence-corrected chi connectivity index (χ2v) is 4.83. The first-order valence-corrected chi connectivity index (χ1v) is 6.69. The van der Waals surface area contributed by atoms with Gasteiger partial charge in [0.2, 0.25) is 5.91 Å². The van der Waals surface area contributed by atoms with Crippen molar-refractivity contribution in [2.75, 3.05) is 40.0 Å². The number of carboxylic acid groups (broad SMARTS) is 1. The summed E-state index contributed by atoms with van der Waals surface area (Å²) in [4.78, 5) is 24.2. The van der Waals surface area contributed by atoms with Crippen LogP contribution in [0.5, 0.6) is 0 Å². The minimum Gasteiger partial charge on any atom is -0.481 e. The van der Waals surface area contributed by atoms with Crippen LogP contribution in [0.15, 0.2) is 0 Å². The molecule has 1 fully saturated rings. The number of methoxy groups -OCH3 is 1. The number of aliphatic carboxylic acids is 1. The lowest BCUT2D eigenvalue weighted by atomic mass is 9.93. The number of carbonyl (C=O) groups is 2. The Morgan fingerprint density at radius 2 is 2.16 bits per heavy atom. The van der Waals surface area contributed by atoms with E-state index in [-0.39, 0.29) is 18.9 Å². The summed E-state index contributed by atoms with van der Waals surface area (Å²) in [5, 5.41) is 8.67. The van der Waals surface area contributed by atoms with E-state index < -0.39 is 5.97 Å². The molecule has 1 unspecified atom stereocenters. The fourth-order valence-corrected chi connectivity index (χ4v) is 2.25. The third kappa shape index (κ3) is 6.54. The van der Waals surface area contributed by atoms with Crippen LogP contribution in [0.3, 0.4) is 0 Å². The van der Waals surface area contributed by atoms with Crippen LogP contribution in [0.4, 0.5) is 0 Å². The van der Waals surface area contributed by atoms with Gasteiger partial charge < -0.3 is 19.5 Å². The van der Waals surface area contributed by atoms with Crippen LogP contribution in [0.1, 0.15) is 25.7 Å². The van der Waals surface area contributed by atoms with Gasteiger partial charge in [0.1, 0.15) is 6.61 Å². The Hall–Kier alpha value is -1.14.